The van der Waals surface area contributed by atoms with Crippen molar-refractivity contribution in [1.29, 1.82) is 0 Å². The van der Waals surface area contributed by atoms with E-state index < -0.39 is 36.2 Å². The molecular weight excluding hydrogens is 252 g/mol. The molecule has 2 unspecified atom stereocenters. The molecule has 0 aliphatic rings. The van der Waals surface area contributed by atoms with E-state index in [2.05, 4.69) is 0 Å². The number of carboxylic acid groups (broad SMARTS) is 3. The van der Waals surface area contributed by atoms with Gasteiger partial charge in [-0.1, -0.05) is 0 Å². The van der Waals surface area contributed by atoms with Crippen LogP contribution in [0.5, 0.6) is 0 Å². The van der Waals surface area contributed by atoms with E-state index in [9.17, 15) is 14.4 Å². The van der Waals surface area contributed by atoms with Gasteiger partial charge >= 0.3 is 17.9 Å². The molecule has 18 heavy (non-hydrogen) atoms. The van der Waals surface area contributed by atoms with Gasteiger partial charge in [0.05, 0.1) is 0 Å². The fourth-order valence-electron chi connectivity index (χ4n) is 0. The lowest BCUT2D eigenvalue weighted by molar-refractivity contribution is -0.146. The maximum Gasteiger partial charge on any atom is 0.332 e. The molecule has 0 aliphatic heterocycles. The van der Waals surface area contributed by atoms with Crippen molar-refractivity contribution >= 4 is 17.9 Å². The molecule has 0 spiro atoms. The summed E-state index contributed by atoms with van der Waals surface area (Å²) in [4.78, 5) is 28.3. The van der Waals surface area contributed by atoms with E-state index in [-0.39, 0.29) is 0 Å². The molecule has 9 heteroatoms. The summed E-state index contributed by atoms with van der Waals surface area (Å²) in [7, 11) is 0. The lowest BCUT2D eigenvalue weighted by Gasteiger charge is -1.89. The van der Waals surface area contributed by atoms with Crippen LogP contribution >= 0.6 is 0 Å². The minimum absolute atomic E-state index is 1.19. The number of hydrogen-bond acceptors (Lipinski definition) is 6. The molecule has 0 radical (unpaired) electrons. The first-order valence-electron chi connectivity index (χ1n) is 4.66. The van der Waals surface area contributed by atoms with Gasteiger partial charge in [0.15, 0.2) is 0 Å². The number of carbonyl (C=O) groups is 3. The van der Waals surface area contributed by atoms with Gasteiger partial charge in [0, 0.05) is 0 Å². The fraction of sp³-hybridized carbons (Fsp3) is 0.667. The van der Waals surface area contributed by atoms with E-state index in [0.717, 1.165) is 0 Å². The van der Waals surface area contributed by atoms with Crippen LogP contribution in [0.2, 0.25) is 0 Å². The predicted octanol–water partition coefficient (Wildman–Crippen LogP) is -1.64. The van der Waals surface area contributed by atoms with Crippen molar-refractivity contribution < 1.29 is 45.0 Å². The first-order chi connectivity index (χ1) is 7.93. The Bertz CT molecular complexity index is 214. The van der Waals surface area contributed by atoms with Gasteiger partial charge in [-0.05, 0) is 20.8 Å². The summed E-state index contributed by atoms with van der Waals surface area (Å²) in [5.74, 6) is -3.56. The van der Waals surface area contributed by atoms with E-state index in [4.69, 9.17) is 30.6 Å². The molecule has 3 atom stereocenters. The normalized spacial score (nSPS) is 13.7. The van der Waals surface area contributed by atoms with E-state index in [1.807, 2.05) is 0 Å². The van der Waals surface area contributed by atoms with E-state index in [0.29, 0.717) is 0 Å². The fourth-order valence-corrected chi connectivity index (χ4v) is 0. The standard InChI is InChI=1S/3C3H6O3/c3*1-2(4)3(5)6/h3*2,4H,1H3,(H,5,6)/t2-;;/m1../s1. The topological polar surface area (TPSA) is 173 Å². The van der Waals surface area contributed by atoms with Crippen molar-refractivity contribution in [3.05, 3.63) is 0 Å². The van der Waals surface area contributed by atoms with Gasteiger partial charge in [0.2, 0.25) is 0 Å². The molecule has 0 aliphatic carbocycles. The highest BCUT2D eigenvalue weighted by molar-refractivity contribution is 5.71. The van der Waals surface area contributed by atoms with Gasteiger partial charge in [-0.25, -0.2) is 14.4 Å². The quantitative estimate of drug-likeness (QED) is 0.351. The van der Waals surface area contributed by atoms with Gasteiger partial charge in [0.1, 0.15) is 18.3 Å². The second-order valence-electron chi connectivity index (χ2n) is 3.04. The monoisotopic (exact) mass is 270 g/mol. The van der Waals surface area contributed by atoms with Crippen LogP contribution in [0.15, 0.2) is 0 Å². The zero-order valence-electron chi connectivity index (χ0n) is 10.1. The van der Waals surface area contributed by atoms with Crippen LogP contribution in [-0.4, -0.2) is 66.9 Å². The Morgan fingerprint density at radius 1 is 0.611 bits per heavy atom. The van der Waals surface area contributed by atoms with Crippen molar-refractivity contribution in [3.63, 3.8) is 0 Å². The molecular formula is C9H18O9. The predicted molar refractivity (Wildman–Crippen MR) is 57.9 cm³/mol. The van der Waals surface area contributed by atoms with Crippen molar-refractivity contribution in [2.45, 2.75) is 39.1 Å². The van der Waals surface area contributed by atoms with E-state index in [1.54, 1.807) is 0 Å². The summed E-state index contributed by atoms with van der Waals surface area (Å²) in [6.45, 7) is 3.59. The second-order valence-corrected chi connectivity index (χ2v) is 3.04. The highest BCUT2D eigenvalue weighted by Crippen LogP contribution is 1.74. The Labute approximate surface area is 103 Å². The number of aliphatic carboxylic acids is 3. The highest BCUT2D eigenvalue weighted by Gasteiger charge is 2.02. The van der Waals surface area contributed by atoms with Crippen LogP contribution in [0, 0.1) is 0 Å². The van der Waals surface area contributed by atoms with Crippen LogP contribution in [0.4, 0.5) is 0 Å². The molecule has 0 aromatic heterocycles. The Morgan fingerprint density at radius 2 is 0.667 bits per heavy atom. The maximum absolute atomic E-state index is 9.45. The lowest BCUT2D eigenvalue weighted by atomic mass is 10.4. The van der Waals surface area contributed by atoms with Crippen LogP contribution in [0.1, 0.15) is 20.8 Å². The second kappa shape index (κ2) is 11.8. The highest BCUT2D eigenvalue weighted by atomic mass is 16.4. The van der Waals surface area contributed by atoms with Crippen molar-refractivity contribution in [1.82, 2.24) is 0 Å². The Balaban J connectivity index is -0.000000187. The summed E-state index contributed by atoms with van der Waals surface area (Å²) in [6.07, 6.45) is -3.69. The van der Waals surface area contributed by atoms with Crippen molar-refractivity contribution in [3.8, 4) is 0 Å². The third-order valence-electron chi connectivity index (χ3n) is 1.07. The smallest absolute Gasteiger partial charge is 0.332 e. The molecule has 0 fully saturated rings. The number of carboxylic acids is 3. The Morgan fingerprint density at radius 3 is 0.667 bits per heavy atom. The third-order valence-corrected chi connectivity index (χ3v) is 1.07. The molecule has 0 amide bonds. The van der Waals surface area contributed by atoms with Crippen LogP contribution in [0.25, 0.3) is 0 Å². The molecule has 0 heterocycles. The SMILES string of the molecule is CC(O)C(=O)O.CC(O)C(=O)O.C[C@@H](O)C(=O)O. The molecule has 108 valence electrons. The average Bonchev–Trinajstić information content (AvgIpc) is 2.18. The first kappa shape index (κ1) is 21.6. The maximum atomic E-state index is 9.45. The molecule has 0 bridgehead atoms. The Kier molecular flexibility index (Phi) is 14.1. The molecule has 0 saturated heterocycles. The minimum atomic E-state index is -1.23. The van der Waals surface area contributed by atoms with Crippen LogP contribution in [0.3, 0.4) is 0 Å². The number of aliphatic hydroxyl groups excluding tert-OH is 3. The van der Waals surface area contributed by atoms with Gasteiger partial charge in [-0.2, -0.15) is 0 Å². The summed E-state index contributed by atoms with van der Waals surface area (Å²) < 4.78 is 0. The molecule has 6 N–H and O–H groups in total. The number of hydrogen-bond donors (Lipinski definition) is 6. The van der Waals surface area contributed by atoms with Gasteiger partial charge < -0.3 is 30.6 Å². The largest absolute Gasteiger partial charge is 0.479 e. The molecule has 0 aromatic rings. The Hall–Kier alpha value is -1.71. The van der Waals surface area contributed by atoms with Crippen LogP contribution < -0.4 is 0 Å². The molecule has 9 nitrogen and oxygen atoms in total. The van der Waals surface area contributed by atoms with Gasteiger partial charge in [-0.3, -0.25) is 0 Å². The third kappa shape index (κ3) is 23.8. The molecule has 0 rings (SSSR count). The average molecular weight is 270 g/mol. The molecule has 0 aromatic carbocycles. The summed E-state index contributed by atoms with van der Waals surface area (Å²) >= 11 is 0. The van der Waals surface area contributed by atoms with Gasteiger partial charge in [0.25, 0.3) is 0 Å². The summed E-state index contributed by atoms with van der Waals surface area (Å²) in [5.41, 5.74) is 0. The number of aliphatic hydroxyl groups is 3. The molecule has 0 saturated carbocycles. The van der Waals surface area contributed by atoms with Crippen molar-refractivity contribution in [2.24, 2.45) is 0 Å². The number of rotatable bonds is 3. The lowest BCUT2D eigenvalue weighted by Crippen LogP contribution is -2.13. The zero-order chi connectivity index (χ0) is 15.5. The van der Waals surface area contributed by atoms with Crippen LogP contribution in [-0.2, 0) is 14.4 Å². The van der Waals surface area contributed by atoms with Gasteiger partial charge in [-0.15, -0.1) is 0 Å². The van der Waals surface area contributed by atoms with E-state index >= 15 is 0 Å². The van der Waals surface area contributed by atoms with Crippen molar-refractivity contribution in [2.75, 3.05) is 0 Å². The summed E-state index contributed by atoms with van der Waals surface area (Å²) in [6, 6.07) is 0. The summed E-state index contributed by atoms with van der Waals surface area (Å²) in [5, 5.41) is 47.3. The minimum Gasteiger partial charge on any atom is -0.479 e. The first-order valence-corrected chi connectivity index (χ1v) is 4.66. The zero-order valence-corrected chi connectivity index (χ0v) is 10.1. The van der Waals surface area contributed by atoms with E-state index in [1.165, 1.54) is 20.8 Å².